The van der Waals surface area contributed by atoms with E-state index in [4.69, 9.17) is 4.74 Å². The van der Waals surface area contributed by atoms with Gasteiger partial charge in [0.25, 0.3) is 5.91 Å². The molecule has 1 heterocycles. The number of morpholine rings is 1. The predicted molar refractivity (Wildman–Crippen MR) is 110 cm³/mol. The molecule has 1 aliphatic heterocycles. The van der Waals surface area contributed by atoms with Gasteiger partial charge < -0.3 is 9.64 Å². The summed E-state index contributed by atoms with van der Waals surface area (Å²) in [5.74, 6) is -0.579. The molecule has 0 unspecified atom stereocenters. The number of amides is 1. The summed E-state index contributed by atoms with van der Waals surface area (Å²) in [6, 6.07) is 19.2. The van der Waals surface area contributed by atoms with Crippen LogP contribution in [0, 0.1) is 0 Å². The number of cyclic esters (lactones) is 1. The van der Waals surface area contributed by atoms with Gasteiger partial charge in [-0.1, -0.05) is 66.7 Å². The van der Waals surface area contributed by atoms with E-state index in [1.54, 1.807) is 24.8 Å². The first-order valence-electron chi connectivity index (χ1n) is 9.59. The normalized spacial score (nSPS) is 25.9. The molecule has 1 fully saturated rings. The third kappa shape index (κ3) is 3.47. The Kier molecular flexibility index (Phi) is 5.41. The van der Waals surface area contributed by atoms with E-state index in [-0.39, 0.29) is 24.3 Å². The van der Waals surface area contributed by atoms with E-state index in [0.29, 0.717) is 6.42 Å². The molecule has 0 saturated carbocycles. The SMILES string of the molecule is C=CC[C@]1(C)OC(=O)[C@@](C)(Cc2ccccc2)N([C@@H](C)c2ccccc2)C1=O. The first kappa shape index (κ1) is 19.9. The topological polar surface area (TPSA) is 46.6 Å². The van der Waals surface area contributed by atoms with Crippen molar-refractivity contribution in [2.75, 3.05) is 0 Å². The molecule has 2 aromatic carbocycles. The molecule has 0 spiro atoms. The minimum Gasteiger partial charge on any atom is -0.447 e. The largest absolute Gasteiger partial charge is 0.447 e. The number of ether oxygens (including phenoxy) is 1. The molecule has 2 aromatic rings. The Bertz CT molecular complexity index is 864. The molecule has 4 nitrogen and oxygen atoms in total. The van der Waals surface area contributed by atoms with E-state index in [1.807, 2.05) is 67.6 Å². The third-order valence-corrected chi connectivity index (χ3v) is 5.55. The van der Waals surface area contributed by atoms with Crippen molar-refractivity contribution in [2.45, 2.75) is 50.8 Å². The van der Waals surface area contributed by atoms with Crippen LogP contribution < -0.4 is 0 Å². The van der Waals surface area contributed by atoms with Gasteiger partial charge in [-0.3, -0.25) is 4.79 Å². The first-order valence-corrected chi connectivity index (χ1v) is 9.59. The highest BCUT2D eigenvalue weighted by Crippen LogP contribution is 2.40. The van der Waals surface area contributed by atoms with E-state index in [0.717, 1.165) is 11.1 Å². The van der Waals surface area contributed by atoms with Crippen LogP contribution in [-0.2, 0) is 20.7 Å². The smallest absolute Gasteiger partial charge is 0.333 e. The van der Waals surface area contributed by atoms with Gasteiger partial charge in [0.05, 0.1) is 6.04 Å². The summed E-state index contributed by atoms with van der Waals surface area (Å²) in [7, 11) is 0. The molecule has 0 aliphatic carbocycles. The van der Waals surface area contributed by atoms with Gasteiger partial charge in [-0.25, -0.2) is 4.79 Å². The maximum atomic E-state index is 13.6. The highest BCUT2D eigenvalue weighted by Gasteiger charge is 2.57. The standard InChI is InChI=1S/C24H27NO3/c1-5-16-24(4)21(26)25(18(2)20-14-10-7-11-15-20)23(3,22(27)28-24)17-19-12-8-6-9-13-19/h5-15,18H,1,16-17H2,2-4H3/t18-,23+,24-/m0/s1. The van der Waals surface area contributed by atoms with Gasteiger partial charge in [-0.05, 0) is 31.9 Å². The van der Waals surface area contributed by atoms with E-state index < -0.39 is 11.1 Å². The molecule has 3 atom stereocenters. The maximum absolute atomic E-state index is 13.6. The summed E-state index contributed by atoms with van der Waals surface area (Å²) < 4.78 is 5.73. The van der Waals surface area contributed by atoms with Crippen molar-refractivity contribution in [1.82, 2.24) is 4.90 Å². The van der Waals surface area contributed by atoms with Crippen LogP contribution in [-0.4, -0.2) is 27.9 Å². The molecule has 1 amide bonds. The zero-order chi connectivity index (χ0) is 20.4. The van der Waals surface area contributed by atoms with Crippen LogP contribution in [0.3, 0.4) is 0 Å². The fourth-order valence-corrected chi connectivity index (χ4v) is 3.97. The molecular weight excluding hydrogens is 350 g/mol. The first-order chi connectivity index (χ1) is 13.3. The van der Waals surface area contributed by atoms with Crippen molar-refractivity contribution < 1.29 is 14.3 Å². The molecule has 3 rings (SSSR count). The van der Waals surface area contributed by atoms with Crippen molar-refractivity contribution in [1.29, 1.82) is 0 Å². The van der Waals surface area contributed by atoms with E-state index in [2.05, 4.69) is 6.58 Å². The number of hydrogen-bond acceptors (Lipinski definition) is 3. The van der Waals surface area contributed by atoms with Gasteiger partial charge in [-0.15, -0.1) is 6.58 Å². The lowest BCUT2D eigenvalue weighted by Gasteiger charge is -2.51. The maximum Gasteiger partial charge on any atom is 0.333 e. The lowest BCUT2D eigenvalue weighted by Crippen LogP contribution is -2.68. The number of hydrogen-bond donors (Lipinski definition) is 0. The zero-order valence-corrected chi connectivity index (χ0v) is 16.7. The second-order valence-electron chi connectivity index (χ2n) is 7.81. The molecule has 4 heteroatoms. The number of esters is 1. The van der Waals surface area contributed by atoms with Crippen LogP contribution >= 0.6 is 0 Å². The highest BCUT2D eigenvalue weighted by molar-refractivity contribution is 5.98. The Morgan fingerprint density at radius 3 is 2.18 bits per heavy atom. The Hall–Kier alpha value is -2.88. The highest BCUT2D eigenvalue weighted by atomic mass is 16.6. The number of rotatable bonds is 6. The van der Waals surface area contributed by atoms with Gasteiger partial charge in [0.2, 0.25) is 0 Å². The molecule has 0 aromatic heterocycles. The van der Waals surface area contributed by atoms with E-state index in [1.165, 1.54) is 0 Å². The molecule has 1 aliphatic rings. The van der Waals surface area contributed by atoms with E-state index >= 15 is 0 Å². The fraction of sp³-hybridized carbons (Fsp3) is 0.333. The average molecular weight is 377 g/mol. The number of benzene rings is 2. The van der Waals surface area contributed by atoms with Crippen LogP contribution in [0.2, 0.25) is 0 Å². The van der Waals surface area contributed by atoms with Crippen molar-refractivity contribution in [3.05, 3.63) is 84.4 Å². The molecule has 0 bridgehead atoms. The summed E-state index contributed by atoms with van der Waals surface area (Å²) in [5.41, 5.74) is -0.384. The minimum atomic E-state index is -1.24. The van der Waals surface area contributed by atoms with Crippen molar-refractivity contribution >= 4 is 11.9 Å². The van der Waals surface area contributed by atoms with Gasteiger partial charge in [0, 0.05) is 12.8 Å². The number of nitrogens with zero attached hydrogens (tertiary/aromatic N) is 1. The number of carbonyl (C=O) groups excluding carboxylic acids is 2. The van der Waals surface area contributed by atoms with Crippen LogP contribution in [0.25, 0.3) is 0 Å². The van der Waals surface area contributed by atoms with Crippen LogP contribution in [0.4, 0.5) is 0 Å². The van der Waals surface area contributed by atoms with Crippen molar-refractivity contribution in [3.8, 4) is 0 Å². The van der Waals surface area contributed by atoms with Gasteiger partial charge in [0.15, 0.2) is 5.60 Å². The minimum absolute atomic E-state index is 0.193. The summed E-state index contributed by atoms with van der Waals surface area (Å²) in [5, 5.41) is 0. The van der Waals surface area contributed by atoms with E-state index in [9.17, 15) is 9.59 Å². The third-order valence-electron chi connectivity index (χ3n) is 5.55. The zero-order valence-electron chi connectivity index (χ0n) is 16.7. The van der Waals surface area contributed by atoms with Gasteiger partial charge in [0.1, 0.15) is 5.54 Å². The summed E-state index contributed by atoms with van der Waals surface area (Å²) in [4.78, 5) is 28.6. The van der Waals surface area contributed by atoms with Gasteiger partial charge >= 0.3 is 5.97 Å². The summed E-state index contributed by atoms with van der Waals surface area (Å²) in [6.07, 6.45) is 2.28. The molecule has 0 radical (unpaired) electrons. The lowest BCUT2D eigenvalue weighted by molar-refractivity contribution is -0.203. The van der Waals surface area contributed by atoms with Gasteiger partial charge in [-0.2, -0.15) is 0 Å². The number of carbonyl (C=O) groups is 2. The summed E-state index contributed by atoms with van der Waals surface area (Å²) >= 11 is 0. The molecular formula is C24H27NO3. The Balaban J connectivity index is 2.08. The molecule has 0 N–H and O–H groups in total. The Morgan fingerprint density at radius 2 is 1.61 bits per heavy atom. The second-order valence-corrected chi connectivity index (χ2v) is 7.81. The predicted octanol–water partition coefficient (Wildman–Crippen LogP) is 4.47. The molecule has 146 valence electrons. The fourth-order valence-electron chi connectivity index (χ4n) is 3.97. The second kappa shape index (κ2) is 7.63. The quantitative estimate of drug-likeness (QED) is 0.551. The average Bonchev–Trinajstić information content (AvgIpc) is 2.68. The lowest BCUT2D eigenvalue weighted by atomic mass is 9.83. The Morgan fingerprint density at radius 1 is 1.04 bits per heavy atom. The summed E-state index contributed by atoms with van der Waals surface area (Å²) in [6.45, 7) is 9.16. The Labute approximate surface area is 166 Å². The van der Waals surface area contributed by atoms with Crippen molar-refractivity contribution in [3.63, 3.8) is 0 Å². The van der Waals surface area contributed by atoms with Crippen LogP contribution in [0.1, 0.15) is 44.4 Å². The van der Waals surface area contributed by atoms with Crippen LogP contribution in [0.15, 0.2) is 73.3 Å². The van der Waals surface area contributed by atoms with Crippen LogP contribution in [0.5, 0.6) is 0 Å². The molecule has 1 saturated heterocycles. The van der Waals surface area contributed by atoms with Crippen molar-refractivity contribution in [2.24, 2.45) is 0 Å². The molecule has 28 heavy (non-hydrogen) atoms. The monoisotopic (exact) mass is 377 g/mol.